The van der Waals surface area contributed by atoms with E-state index in [1.54, 1.807) is 0 Å². The summed E-state index contributed by atoms with van der Waals surface area (Å²) in [6, 6.07) is -0.0999. The van der Waals surface area contributed by atoms with Crippen LogP contribution in [0, 0.1) is 0 Å². The Hall–Kier alpha value is -0.170. The van der Waals surface area contributed by atoms with E-state index in [4.69, 9.17) is 10.8 Å². The van der Waals surface area contributed by atoms with Gasteiger partial charge < -0.3 is 10.8 Å². The lowest BCUT2D eigenvalue weighted by Crippen LogP contribution is -2.45. The molecule has 0 radical (unpaired) electrons. The van der Waals surface area contributed by atoms with E-state index in [2.05, 4.69) is 0 Å². The van der Waals surface area contributed by atoms with E-state index in [0.29, 0.717) is 19.4 Å². The molecule has 0 bridgehead atoms. The molecule has 0 aliphatic carbocycles. The van der Waals surface area contributed by atoms with Crippen LogP contribution in [-0.2, 0) is 10.0 Å². The standard InChI is InChI=1S/C10H24N2O3S/c1-4-10(8-11)16(14,15)12(9(2)3)6-5-7-13/h9-10,13H,4-8,11H2,1-3H3. The maximum atomic E-state index is 12.2. The van der Waals surface area contributed by atoms with Crippen molar-refractivity contribution in [1.29, 1.82) is 0 Å². The minimum atomic E-state index is -3.34. The van der Waals surface area contributed by atoms with Crippen LogP contribution in [0.2, 0.25) is 0 Å². The van der Waals surface area contributed by atoms with Crippen molar-refractivity contribution in [3.63, 3.8) is 0 Å². The van der Waals surface area contributed by atoms with Crippen molar-refractivity contribution in [2.45, 2.75) is 44.9 Å². The van der Waals surface area contributed by atoms with Crippen molar-refractivity contribution >= 4 is 10.0 Å². The Morgan fingerprint density at radius 1 is 1.38 bits per heavy atom. The highest BCUT2D eigenvalue weighted by molar-refractivity contribution is 7.89. The van der Waals surface area contributed by atoms with Crippen LogP contribution in [0.1, 0.15) is 33.6 Å². The molecule has 5 nitrogen and oxygen atoms in total. The average Bonchev–Trinajstić information content (AvgIpc) is 2.18. The summed E-state index contributed by atoms with van der Waals surface area (Å²) in [6.07, 6.45) is 0.972. The molecule has 1 atom stereocenters. The van der Waals surface area contributed by atoms with E-state index in [1.165, 1.54) is 4.31 Å². The highest BCUT2D eigenvalue weighted by Gasteiger charge is 2.31. The molecule has 98 valence electrons. The lowest BCUT2D eigenvalue weighted by Gasteiger charge is -2.29. The number of aliphatic hydroxyl groups excluding tert-OH is 1. The van der Waals surface area contributed by atoms with E-state index in [0.717, 1.165) is 0 Å². The largest absolute Gasteiger partial charge is 0.396 e. The van der Waals surface area contributed by atoms with Crippen molar-refractivity contribution in [2.24, 2.45) is 5.73 Å². The first-order valence-electron chi connectivity index (χ1n) is 5.73. The predicted molar refractivity (Wildman–Crippen MR) is 65.6 cm³/mol. The van der Waals surface area contributed by atoms with Gasteiger partial charge in [-0.25, -0.2) is 8.42 Å². The normalized spacial score (nSPS) is 14.7. The van der Waals surface area contributed by atoms with Gasteiger partial charge in [0.2, 0.25) is 10.0 Å². The smallest absolute Gasteiger partial charge is 0.218 e. The van der Waals surface area contributed by atoms with Crippen LogP contribution < -0.4 is 5.73 Å². The van der Waals surface area contributed by atoms with Gasteiger partial charge in [0.1, 0.15) is 0 Å². The van der Waals surface area contributed by atoms with Gasteiger partial charge in [0.05, 0.1) is 5.25 Å². The van der Waals surface area contributed by atoms with Crippen molar-refractivity contribution in [3.05, 3.63) is 0 Å². The molecule has 0 rings (SSSR count). The third-order valence-corrected chi connectivity index (χ3v) is 5.21. The number of nitrogens with two attached hydrogens (primary N) is 1. The summed E-state index contributed by atoms with van der Waals surface area (Å²) >= 11 is 0. The van der Waals surface area contributed by atoms with Crippen LogP contribution in [0.3, 0.4) is 0 Å². The monoisotopic (exact) mass is 252 g/mol. The second-order valence-electron chi connectivity index (χ2n) is 4.09. The summed E-state index contributed by atoms with van der Waals surface area (Å²) in [5, 5.41) is 8.25. The van der Waals surface area contributed by atoms with Gasteiger partial charge in [-0.3, -0.25) is 0 Å². The molecule has 0 saturated carbocycles. The number of rotatable bonds is 8. The van der Waals surface area contributed by atoms with E-state index in [1.807, 2.05) is 20.8 Å². The number of hydrogen-bond donors (Lipinski definition) is 2. The summed E-state index contributed by atoms with van der Waals surface area (Å²) < 4.78 is 25.8. The van der Waals surface area contributed by atoms with Gasteiger partial charge in [-0.1, -0.05) is 6.92 Å². The molecule has 0 aromatic carbocycles. The molecule has 3 N–H and O–H groups in total. The van der Waals surface area contributed by atoms with E-state index < -0.39 is 15.3 Å². The summed E-state index contributed by atoms with van der Waals surface area (Å²) in [5.41, 5.74) is 5.48. The molecule has 0 spiro atoms. The zero-order valence-corrected chi connectivity index (χ0v) is 11.2. The molecule has 0 aliphatic rings. The van der Waals surface area contributed by atoms with Crippen LogP contribution in [0.5, 0.6) is 0 Å². The van der Waals surface area contributed by atoms with Crippen LogP contribution in [0.15, 0.2) is 0 Å². The van der Waals surface area contributed by atoms with Crippen LogP contribution >= 0.6 is 0 Å². The molecule has 6 heteroatoms. The SMILES string of the molecule is CCC(CN)S(=O)(=O)N(CCCO)C(C)C. The van der Waals surface area contributed by atoms with Gasteiger partial charge in [0, 0.05) is 25.7 Å². The Kier molecular flexibility index (Phi) is 7.14. The third-order valence-electron chi connectivity index (χ3n) is 2.58. The van der Waals surface area contributed by atoms with Gasteiger partial charge in [-0.15, -0.1) is 0 Å². The zero-order chi connectivity index (χ0) is 12.8. The Morgan fingerprint density at radius 3 is 2.25 bits per heavy atom. The maximum absolute atomic E-state index is 12.2. The molecule has 0 aromatic heterocycles. The van der Waals surface area contributed by atoms with Crippen molar-refractivity contribution < 1.29 is 13.5 Å². The van der Waals surface area contributed by atoms with Gasteiger partial charge in [0.25, 0.3) is 0 Å². The Morgan fingerprint density at radius 2 is 1.94 bits per heavy atom. The average molecular weight is 252 g/mol. The molecule has 1 unspecified atom stereocenters. The number of sulfonamides is 1. The number of nitrogens with zero attached hydrogens (tertiary/aromatic N) is 1. The predicted octanol–water partition coefficient (Wildman–Crippen LogP) is 0.146. The molecule has 0 saturated heterocycles. The van der Waals surface area contributed by atoms with Crippen molar-refractivity contribution in [1.82, 2.24) is 4.31 Å². The highest BCUT2D eigenvalue weighted by atomic mass is 32.2. The molecule has 0 amide bonds. The minimum Gasteiger partial charge on any atom is -0.396 e. The van der Waals surface area contributed by atoms with Gasteiger partial charge in [-0.05, 0) is 26.7 Å². The zero-order valence-electron chi connectivity index (χ0n) is 10.4. The van der Waals surface area contributed by atoms with E-state index in [9.17, 15) is 8.42 Å². The highest BCUT2D eigenvalue weighted by Crippen LogP contribution is 2.15. The fourth-order valence-electron chi connectivity index (χ4n) is 1.60. The quantitative estimate of drug-likeness (QED) is 0.644. The van der Waals surface area contributed by atoms with E-state index in [-0.39, 0.29) is 19.2 Å². The second kappa shape index (κ2) is 7.21. The second-order valence-corrected chi connectivity index (χ2v) is 6.26. The van der Waals surface area contributed by atoms with Crippen LogP contribution in [0.25, 0.3) is 0 Å². The maximum Gasteiger partial charge on any atom is 0.218 e. The molecule has 0 aromatic rings. The third kappa shape index (κ3) is 4.01. The minimum absolute atomic E-state index is 0.00183. The summed E-state index contributed by atoms with van der Waals surface area (Å²) in [5.74, 6) is 0. The fraction of sp³-hybridized carbons (Fsp3) is 1.00. The number of hydrogen-bond acceptors (Lipinski definition) is 4. The molecule has 16 heavy (non-hydrogen) atoms. The first-order chi connectivity index (χ1) is 7.41. The molecule has 0 fully saturated rings. The van der Waals surface area contributed by atoms with Crippen molar-refractivity contribution in [3.8, 4) is 0 Å². The first kappa shape index (κ1) is 15.8. The molecular weight excluding hydrogens is 228 g/mol. The molecular formula is C10H24N2O3S. The fourth-order valence-corrected chi connectivity index (χ4v) is 3.61. The van der Waals surface area contributed by atoms with Crippen LogP contribution in [0.4, 0.5) is 0 Å². The summed E-state index contributed by atoms with van der Waals surface area (Å²) in [7, 11) is -3.34. The lowest BCUT2D eigenvalue weighted by atomic mass is 10.3. The van der Waals surface area contributed by atoms with E-state index >= 15 is 0 Å². The Labute approximate surface area is 98.7 Å². The van der Waals surface area contributed by atoms with Crippen molar-refractivity contribution in [2.75, 3.05) is 19.7 Å². The summed E-state index contributed by atoms with van der Waals surface area (Å²) in [6.45, 7) is 5.97. The van der Waals surface area contributed by atoms with Crippen LogP contribution in [-0.4, -0.2) is 48.8 Å². The lowest BCUT2D eigenvalue weighted by molar-refractivity contribution is 0.257. The van der Waals surface area contributed by atoms with Gasteiger partial charge in [-0.2, -0.15) is 4.31 Å². The Bertz CT molecular complexity index is 274. The molecule has 0 heterocycles. The molecule has 0 aliphatic heterocycles. The first-order valence-corrected chi connectivity index (χ1v) is 7.23. The topological polar surface area (TPSA) is 83.6 Å². The number of aliphatic hydroxyl groups is 1. The Balaban J connectivity index is 4.88. The summed E-state index contributed by atoms with van der Waals surface area (Å²) in [4.78, 5) is 0. The van der Waals surface area contributed by atoms with Gasteiger partial charge in [0.15, 0.2) is 0 Å². The van der Waals surface area contributed by atoms with Gasteiger partial charge >= 0.3 is 0 Å².